The van der Waals surface area contributed by atoms with Crippen molar-refractivity contribution in [1.29, 1.82) is 0 Å². The highest BCUT2D eigenvalue weighted by molar-refractivity contribution is 5.98. The molecule has 2 rings (SSSR count). The smallest absolute Gasteiger partial charge is 0.354 e. The fourth-order valence-corrected chi connectivity index (χ4v) is 2.07. The Morgan fingerprint density at radius 2 is 2.00 bits per heavy atom. The summed E-state index contributed by atoms with van der Waals surface area (Å²) in [5, 5.41) is 4.90. The Morgan fingerprint density at radius 1 is 1.30 bits per heavy atom. The largest absolute Gasteiger partial charge is 0.417 e. The van der Waals surface area contributed by atoms with Crippen LogP contribution in [0.25, 0.3) is 0 Å². The molecule has 20 heavy (non-hydrogen) atoms. The number of hydrogen-bond donors (Lipinski definition) is 2. The summed E-state index contributed by atoms with van der Waals surface area (Å²) in [4.78, 5) is 23.4. The van der Waals surface area contributed by atoms with Gasteiger partial charge in [0.1, 0.15) is 6.04 Å². The molecule has 1 aromatic carbocycles. The normalized spacial score (nSPS) is 19.4. The highest BCUT2D eigenvalue weighted by Crippen LogP contribution is 2.31. The summed E-state index contributed by atoms with van der Waals surface area (Å²) < 4.78 is 38.4. The average Bonchev–Trinajstić information content (AvgIpc) is 2.40. The minimum Gasteiger partial charge on any atom is -0.354 e. The highest BCUT2D eigenvalue weighted by atomic mass is 19.4. The number of alkyl halides is 3. The first-order valence-electron chi connectivity index (χ1n) is 6.14. The molecule has 1 heterocycles. The molecule has 7 heteroatoms. The molecule has 2 N–H and O–H groups in total. The van der Waals surface area contributed by atoms with E-state index in [2.05, 4.69) is 10.6 Å². The van der Waals surface area contributed by atoms with Crippen molar-refractivity contribution >= 4 is 11.8 Å². The van der Waals surface area contributed by atoms with Gasteiger partial charge in [-0.15, -0.1) is 0 Å². The van der Waals surface area contributed by atoms with Crippen LogP contribution in [0.3, 0.4) is 0 Å². The van der Waals surface area contributed by atoms with Crippen LogP contribution >= 0.6 is 0 Å². The molecule has 0 aromatic heterocycles. The molecule has 1 aliphatic heterocycles. The van der Waals surface area contributed by atoms with Gasteiger partial charge >= 0.3 is 6.18 Å². The van der Waals surface area contributed by atoms with E-state index in [0.29, 0.717) is 19.4 Å². The fourth-order valence-electron chi connectivity index (χ4n) is 2.07. The van der Waals surface area contributed by atoms with Gasteiger partial charge in [0.15, 0.2) is 0 Å². The van der Waals surface area contributed by atoms with Crippen LogP contribution in [0.5, 0.6) is 0 Å². The van der Waals surface area contributed by atoms with Crippen molar-refractivity contribution in [2.24, 2.45) is 0 Å². The molecule has 0 aliphatic carbocycles. The lowest BCUT2D eigenvalue weighted by Gasteiger charge is -2.23. The lowest BCUT2D eigenvalue weighted by atomic mass is 10.0. The maximum Gasteiger partial charge on any atom is 0.417 e. The third kappa shape index (κ3) is 3.09. The lowest BCUT2D eigenvalue weighted by Crippen LogP contribution is -2.50. The molecule has 108 valence electrons. The molecular formula is C13H13F3N2O2. The molecule has 0 unspecified atom stereocenters. The third-order valence-electron chi connectivity index (χ3n) is 3.07. The van der Waals surface area contributed by atoms with Crippen LogP contribution in [-0.4, -0.2) is 24.4 Å². The Kier molecular flexibility index (Phi) is 3.96. The minimum atomic E-state index is -4.61. The van der Waals surface area contributed by atoms with Crippen molar-refractivity contribution in [1.82, 2.24) is 10.6 Å². The number of carbonyl (C=O) groups is 2. The molecule has 0 saturated carbocycles. The predicted octanol–water partition coefficient (Wildman–Crippen LogP) is 1.71. The molecule has 0 spiro atoms. The molecule has 1 aromatic rings. The maximum absolute atomic E-state index is 12.8. The molecule has 1 aliphatic rings. The molecule has 0 bridgehead atoms. The topological polar surface area (TPSA) is 58.2 Å². The number of halogens is 3. The number of benzene rings is 1. The SMILES string of the molecule is O=C(N[C@H]1CCCNC1=O)c1ccccc1C(F)(F)F. The van der Waals surface area contributed by atoms with Gasteiger partial charge in [0.25, 0.3) is 5.91 Å². The molecule has 1 fully saturated rings. The second kappa shape index (κ2) is 5.52. The number of rotatable bonds is 2. The molecule has 2 amide bonds. The van der Waals surface area contributed by atoms with Crippen LogP contribution < -0.4 is 10.6 Å². The molecule has 0 radical (unpaired) electrons. The first-order valence-corrected chi connectivity index (χ1v) is 6.14. The summed E-state index contributed by atoms with van der Waals surface area (Å²) in [6.45, 7) is 0.518. The van der Waals surface area contributed by atoms with E-state index in [9.17, 15) is 22.8 Å². The predicted molar refractivity (Wildman–Crippen MR) is 64.9 cm³/mol. The molecule has 1 saturated heterocycles. The first-order chi connectivity index (χ1) is 9.39. The van der Waals surface area contributed by atoms with E-state index in [0.717, 1.165) is 12.1 Å². The summed E-state index contributed by atoms with van der Waals surface area (Å²) in [6.07, 6.45) is -3.51. The van der Waals surface area contributed by atoms with Crippen molar-refractivity contribution < 1.29 is 22.8 Å². The molecular weight excluding hydrogens is 273 g/mol. The monoisotopic (exact) mass is 286 g/mol. The number of piperidine rings is 1. The zero-order valence-electron chi connectivity index (χ0n) is 10.5. The summed E-state index contributed by atoms with van der Waals surface area (Å²) >= 11 is 0. The Hall–Kier alpha value is -2.05. The van der Waals surface area contributed by atoms with E-state index in [1.807, 2.05) is 0 Å². The van der Waals surface area contributed by atoms with Crippen molar-refractivity contribution in [2.75, 3.05) is 6.54 Å². The first kappa shape index (κ1) is 14.4. The fraction of sp³-hybridized carbons (Fsp3) is 0.385. The molecule has 1 atom stereocenters. The Morgan fingerprint density at radius 3 is 2.65 bits per heavy atom. The van der Waals surface area contributed by atoms with Crippen LogP contribution in [0.4, 0.5) is 13.2 Å². The van der Waals surface area contributed by atoms with Crippen LogP contribution in [0, 0.1) is 0 Å². The van der Waals surface area contributed by atoms with E-state index in [-0.39, 0.29) is 5.91 Å². The quantitative estimate of drug-likeness (QED) is 0.869. The van der Waals surface area contributed by atoms with Crippen molar-refractivity contribution in [2.45, 2.75) is 25.1 Å². The second-order valence-electron chi connectivity index (χ2n) is 4.50. The van der Waals surface area contributed by atoms with Crippen LogP contribution in [0.2, 0.25) is 0 Å². The maximum atomic E-state index is 12.8. The van der Waals surface area contributed by atoms with Gasteiger partial charge in [-0.05, 0) is 25.0 Å². The van der Waals surface area contributed by atoms with Gasteiger partial charge in [-0.1, -0.05) is 12.1 Å². The zero-order chi connectivity index (χ0) is 14.8. The van der Waals surface area contributed by atoms with Crippen molar-refractivity contribution in [3.63, 3.8) is 0 Å². The van der Waals surface area contributed by atoms with Gasteiger partial charge < -0.3 is 10.6 Å². The number of nitrogens with one attached hydrogen (secondary N) is 2. The summed E-state index contributed by atoms with van der Waals surface area (Å²) in [5.41, 5.74) is -1.48. The van der Waals surface area contributed by atoms with E-state index in [1.165, 1.54) is 12.1 Å². The number of carbonyl (C=O) groups excluding carboxylic acids is 2. The van der Waals surface area contributed by atoms with Gasteiger partial charge in [0.05, 0.1) is 11.1 Å². The Balaban J connectivity index is 2.19. The minimum absolute atomic E-state index is 0.367. The summed E-state index contributed by atoms with van der Waals surface area (Å²) in [6, 6.07) is 3.73. The molecule has 4 nitrogen and oxygen atoms in total. The highest BCUT2D eigenvalue weighted by Gasteiger charge is 2.35. The Labute approximate surface area is 113 Å². The van der Waals surface area contributed by atoms with Gasteiger partial charge in [0, 0.05) is 6.54 Å². The van der Waals surface area contributed by atoms with E-state index < -0.39 is 29.3 Å². The van der Waals surface area contributed by atoms with Crippen LogP contribution in [0.15, 0.2) is 24.3 Å². The van der Waals surface area contributed by atoms with E-state index in [4.69, 9.17) is 0 Å². The number of amides is 2. The van der Waals surface area contributed by atoms with Gasteiger partial charge in [0.2, 0.25) is 5.91 Å². The van der Waals surface area contributed by atoms with Gasteiger partial charge in [-0.2, -0.15) is 13.2 Å². The Bertz CT molecular complexity index is 529. The zero-order valence-corrected chi connectivity index (χ0v) is 10.5. The van der Waals surface area contributed by atoms with Crippen LogP contribution in [0.1, 0.15) is 28.8 Å². The third-order valence-corrected chi connectivity index (χ3v) is 3.07. The van der Waals surface area contributed by atoms with Crippen molar-refractivity contribution in [3.05, 3.63) is 35.4 Å². The standard InChI is InChI=1S/C13H13F3N2O2/c14-13(15,16)9-5-2-1-4-8(9)11(19)18-10-6-3-7-17-12(10)20/h1-2,4-5,10H,3,6-7H2,(H,17,20)(H,18,19)/t10-/m0/s1. The lowest BCUT2D eigenvalue weighted by molar-refractivity contribution is -0.137. The van der Waals surface area contributed by atoms with Crippen molar-refractivity contribution in [3.8, 4) is 0 Å². The van der Waals surface area contributed by atoms with Gasteiger partial charge in [-0.3, -0.25) is 9.59 Å². The number of hydrogen-bond acceptors (Lipinski definition) is 2. The average molecular weight is 286 g/mol. The van der Waals surface area contributed by atoms with E-state index in [1.54, 1.807) is 0 Å². The summed E-state index contributed by atoms with van der Waals surface area (Å²) in [5.74, 6) is -1.26. The van der Waals surface area contributed by atoms with Gasteiger partial charge in [-0.25, -0.2) is 0 Å². The second-order valence-corrected chi connectivity index (χ2v) is 4.50. The summed E-state index contributed by atoms with van der Waals surface area (Å²) in [7, 11) is 0. The van der Waals surface area contributed by atoms with E-state index >= 15 is 0 Å². The van der Waals surface area contributed by atoms with Crippen LogP contribution in [-0.2, 0) is 11.0 Å².